The van der Waals surface area contributed by atoms with Gasteiger partial charge in [-0.25, -0.2) is 0 Å². The quantitative estimate of drug-likeness (QED) is 0.509. The fraction of sp³-hybridized carbons (Fsp3) is 0.240. The molecule has 3 rings (SSSR count). The van der Waals surface area contributed by atoms with E-state index in [2.05, 4.69) is 5.32 Å². The Morgan fingerprint density at radius 3 is 1.85 bits per heavy atom. The van der Waals surface area contributed by atoms with Crippen LogP contribution in [-0.4, -0.2) is 46.6 Å². The fourth-order valence-electron chi connectivity index (χ4n) is 3.58. The minimum absolute atomic E-state index is 0.0469. The van der Waals surface area contributed by atoms with E-state index in [1.807, 2.05) is 0 Å². The highest BCUT2D eigenvalue weighted by atomic mass is 16.5. The summed E-state index contributed by atoms with van der Waals surface area (Å²) in [6.45, 7) is 1.40. The van der Waals surface area contributed by atoms with Crippen LogP contribution in [0.2, 0.25) is 0 Å². The molecule has 0 spiro atoms. The van der Waals surface area contributed by atoms with Gasteiger partial charge in [0.05, 0.1) is 46.8 Å². The van der Waals surface area contributed by atoms with Crippen molar-refractivity contribution in [3.05, 3.63) is 42.5 Å². The third-order valence-corrected chi connectivity index (χ3v) is 5.13. The number of ether oxygens (including phenoxy) is 5. The summed E-state index contributed by atoms with van der Waals surface area (Å²) in [5.74, 6) is 2.16. The lowest BCUT2D eigenvalue weighted by Gasteiger charge is -2.20. The molecule has 0 unspecified atom stereocenters. The molecule has 0 aromatic heterocycles. The fourth-order valence-corrected chi connectivity index (χ4v) is 3.58. The van der Waals surface area contributed by atoms with Gasteiger partial charge in [-0.15, -0.1) is 0 Å². The molecular weight excluding hydrogens is 426 g/mol. The van der Waals surface area contributed by atoms with Gasteiger partial charge in [0.1, 0.15) is 34.5 Å². The van der Waals surface area contributed by atoms with E-state index in [1.165, 1.54) is 35.4 Å². The average Bonchev–Trinajstić information content (AvgIpc) is 2.83. The van der Waals surface area contributed by atoms with Crippen LogP contribution in [0.25, 0.3) is 22.3 Å². The maximum absolute atomic E-state index is 11.9. The van der Waals surface area contributed by atoms with E-state index < -0.39 is 0 Å². The molecule has 0 radical (unpaired) electrons. The number of phenolic OH excluding ortho intramolecular Hbond substituents is 1. The molecule has 174 valence electrons. The van der Waals surface area contributed by atoms with Crippen LogP contribution in [0.5, 0.6) is 34.5 Å². The summed E-state index contributed by atoms with van der Waals surface area (Å²) in [5.41, 5.74) is 2.37. The van der Waals surface area contributed by atoms with Gasteiger partial charge < -0.3 is 34.1 Å². The van der Waals surface area contributed by atoms with Crippen molar-refractivity contribution in [1.82, 2.24) is 0 Å². The molecule has 0 saturated heterocycles. The Kier molecular flexibility index (Phi) is 7.17. The van der Waals surface area contributed by atoms with Crippen molar-refractivity contribution in [2.75, 3.05) is 40.9 Å². The number of methoxy groups -OCH3 is 5. The second-order valence-corrected chi connectivity index (χ2v) is 7.07. The van der Waals surface area contributed by atoms with Gasteiger partial charge in [-0.1, -0.05) is 0 Å². The minimum atomic E-state index is -0.286. The predicted octanol–water partition coefficient (Wildman–Crippen LogP) is 4.73. The van der Waals surface area contributed by atoms with E-state index in [4.69, 9.17) is 23.7 Å². The second kappa shape index (κ2) is 10.0. The molecule has 0 heterocycles. The van der Waals surface area contributed by atoms with Crippen molar-refractivity contribution in [2.45, 2.75) is 6.92 Å². The first-order valence-electron chi connectivity index (χ1n) is 10.0. The van der Waals surface area contributed by atoms with Crippen molar-refractivity contribution in [3.8, 4) is 56.8 Å². The molecule has 0 aliphatic heterocycles. The topological polar surface area (TPSA) is 95.5 Å². The molecule has 1 amide bonds. The molecule has 3 aromatic rings. The summed E-state index contributed by atoms with van der Waals surface area (Å²) in [6, 6.07) is 12.0. The zero-order valence-electron chi connectivity index (χ0n) is 19.4. The van der Waals surface area contributed by atoms with Gasteiger partial charge in [0.2, 0.25) is 5.91 Å². The van der Waals surface area contributed by atoms with Crippen LogP contribution in [0.1, 0.15) is 6.92 Å². The van der Waals surface area contributed by atoms with Gasteiger partial charge in [-0.2, -0.15) is 0 Å². The summed E-state index contributed by atoms with van der Waals surface area (Å²) >= 11 is 0. The number of hydrogen-bond donors (Lipinski definition) is 2. The number of nitrogens with one attached hydrogen (secondary N) is 1. The minimum Gasteiger partial charge on any atom is -0.507 e. The maximum Gasteiger partial charge on any atom is 0.221 e. The van der Waals surface area contributed by atoms with Crippen LogP contribution < -0.4 is 29.0 Å². The number of carbonyl (C=O) groups excluding carboxylic acids is 1. The second-order valence-electron chi connectivity index (χ2n) is 7.07. The molecule has 3 aromatic carbocycles. The lowest BCUT2D eigenvalue weighted by molar-refractivity contribution is -0.114. The zero-order valence-corrected chi connectivity index (χ0v) is 19.4. The molecule has 33 heavy (non-hydrogen) atoms. The van der Waals surface area contributed by atoms with Gasteiger partial charge in [0.25, 0.3) is 0 Å². The van der Waals surface area contributed by atoms with Gasteiger partial charge >= 0.3 is 0 Å². The highest BCUT2D eigenvalue weighted by Crippen LogP contribution is 2.50. The van der Waals surface area contributed by atoms with E-state index in [0.717, 1.165) is 0 Å². The molecule has 0 saturated carbocycles. The van der Waals surface area contributed by atoms with Crippen molar-refractivity contribution in [1.29, 1.82) is 0 Å². The lowest BCUT2D eigenvalue weighted by atomic mass is 9.94. The van der Waals surface area contributed by atoms with Gasteiger partial charge in [0, 0.05) is 41.8 Å². The van der Waals surface area contributed by atoms with E-state index in [-0.39, 0.29) is 11.7 Å². The molecule has 8 nitrogen and oxygen atoms in total. The van der Waals surface area contributed by atoms with Gasteiger partial charge in [-0.3, -0.25) is 4.79 Å². The smallest absolute Gasteiger partial charge is 0.221 e. The van der Waals surface area contributed by atoms with Crippen molar-refractivity contribution in [3.63, 3.8) is 0 Å². The highest BCUT2D eigenvalue weighted by molar-refractivity contribution is 5.99. The van der Waals surface area contributed by atoms with Gasteiger partial charge in [0.15, 0.2) is 0 Å². The summed E-state index contributed by atoms with van der Waals surface area (Å²) in [4.78, 5) is 11.9. The number of hydrogen-bond acceptors (Lipinski definition) is 7. The Hall–Kier alpha value is -4.07. The standard InChI is InChI=1S/C25H27NO7/c1-14(27)26-21-11-17(31-4)13-23(33-6)24(21)20-10-16(30-3)9-19(25(20)28)18-8-7-15(29-2)12-22(18)32-5/h7-13,28H,1-6H3,(H,26,27). The molecule has 0 aliphatic carbocycles. The number of carbonyl (C=O) groups is 1. The lowest BCUT2D eigenvalue weighted by Crippen LogP contribution is -2.08. The van der Waals surface area contributed by atoms with Crippen LogP contribution in [-0.2, 0) is 4.79 Å². The first-order valence-corrected chi connectivity index (χ1v) is 10.0. The maximum atomic E-state index is 11.9. The van der Waals surface area contributed by atoms with Crippen LogP contribution in [0.4, 0.5) is 5.69 Å². The van der Waals surface area contributed by atoms with E-state index >= 15 is 0 Å². The zero-order chi connectivity index (χ0) is 24.1. The SMILES string of the molecule is COc1ccc(-c2cc(OC)cc(-c3c(NC(C)=O)cc(OC)cc3OC)c2O)c(OC)c1. The number of amides is 1. The Labute approximate surface area is 192 Å². The third-order valence-electron chi connectivity index (χ3n) is 5.13. The molecule has 0 atom stereocenters. The number of phenols is 1. The predicted molar refractivity (Wildman–Crippen MR) is 126 cm³/mol. The third kappa shape index (κ3) is 4.74. The monoisotopic (exact) mass is 453 g/mol. The van der Waals surface area contributed by atoms with Crippen LogP contribution in [0.15, 0.2) is 42.5 Å². The molecule has 0 bridgehead atoms. The normalized spacial score (nSPS) is 10.4. The first kappa shape index (κ1) is 23.6. The number of anilines is 1. The van der Waals surface area contributed by atoms with E-state index in [9.17, 15) is 9.90 Å². The summed E-state index contributed by atoms with van der Waals surface area (Å²) < 4.78 is 27.3. The highest BCUT2D eigenvalue weighted by Gasteiger charge is 2.23. The number of rotatable bonds is 8. The molecule has 8 heteroatoms. The van der Waals surface area contributed by atoms with E-state index in [0.29, 0.717) is 56.7 Å². The Balaban J connectivity index is 2.36. The van der Waals surface area contributed by atoms with Crippen molar-refractivity contribution in [2.24, 2.45) is 0 Å². The average molecular weight is 453 g/mol. The van der Waals surface area contributed by atoms with Gasteiger partial charge in [-0.05, 0) is 24.3 Å². The summed E-state index contributed by atoms with van der Waals surface area (Å²) in [7, 11) is 7.65. The van der Waals surface area contributed by atoms with Crippen LogP contribution >= 0.6 is 0 Å². The largest absolute Gasteiger partial charge is 0.507 e. The molecule has 0 fully saturated rings. The Bertz CT molecular complexity index is 1170. The first-order chi connectivity index (χ1) is 15.9. The summed E-state index contributed by atoms with van der Waals surface area (Å²) in [6.07, 6.45) is 0. The molecule has 0 aliphatic rings. The van der Waals surface area contributed by atoms with Crippen LogP contribution in [0.3, 0.4) is 0 Å². The Morgan fingerprint density at radius 2 is 1.27 bits per heavy atom. The van der Waals surface area contributed by atoms with Crippen LogP contribution in [0, 0.1) is 0 Å². The van der Waals surface area contributed by atoms with Crippen molar-refractivity contribution < 1.29 is 33.6 Å². The summed E-state index contributed by atoms with van der Waals surface area (Å²) in [5, 5.41) is 14.2. The van der Waals surface area contributed by atoms with E-state index in [1.54, 1.807) is 49.6 Å². The number of aromatic hydroxyl groups is 1. The molecular formula is C25H27NO7. The number of benzene rings is 3. The Morgan fingerprint density at radius 1 is 0.697 bits per heavy atom. The molecule has 2 N–H and O–H groups in total. The van der Waals surface area contributed by atoms with Crippen molar-refractivity contribution >= 4 is 11.6 Å².